The molecule has 0 bridgehead atoms. The van der Waals surface area contributed by atoms with Crippen molar-refractivity contribution >= 4 is 35.1 Å². The van der Waals surface area contributed by atoms with Crippen LogP contribution in [0.1, 0.15) is 26.3 Å². The normalized spacial score (nSPS) is 15.1. The summed E-state index contributed by atoms with van der Waals surface area (Å²) >= 11 is 3.92. The number of anilines is 1. The van der Waals surface area contributed by atoms with Crippen molar-refractivity contribution in [3.63, 3.8) is 0 Å². The van der Waals surface area contributed by atoms with Gasteiger partial charge in [0.15, 0.2) is 0 Å². The van der Waals surface area contributed by atoms with Gasteiger partial charge in [-0.1, -0.05) is 18.2 Å². The highest BCUT2D eigenvalue weighted by molar-refractivity contribution is 8.19. The van der Waals surface area contributed by atoms with E-state index in [4.69, 9.17) is 0 Å². The molecule has 1 N–H and O–H groups in total. The number of rotatable bonds is 3. The summed E-state index contributed by atoms with van der Waals surface area (Å²) in [7, 11) is 0. The summed E-state index contributed by atoms with van der Waals surface area (Å²) in [6.45, 7) is 1.88. The molecule has 2 heterocycles. The van der Waals surface area contributed by atoms with Crippen molar-refractivity contribution in [1.82, 2.24) is 4.98 Å². The van der Waals surface area contributed by atoms with Gasteiger partial charge in [-0.25, -0.2) is 4.98 Å². The van der Waals surface area contributed by atoms with E-state index < -0.39 is 0 Å². The zero-order chi connectivity index (χ0) is 14.7. The van der Waals surface area contributed by atoms with Crippen molar-refractivity contribution in [2.45, 2.75) is 11.5 Å². The molecule has 1 fully saturated rings. The predicted molar refractivity (Wildman–Crippen MR) is 91.0 cm³/mol. The molecule has 1 aromatic heterocycles. The third-order valence-electron chi connectivity index (χ3n) is 3.16. The number of aryl methyl sites for hydroxylation is 1. The first kappa shape index (κ1) is 14.5. The van der Waals surface area contributed by atoms with Gasteiger partial charge in [-0.05, 0) is 36.8 Å². The number of nitrogens with one attached hydrogen (secondary N) is 1. The van der Waals surface area contributed by atoms with Crippen molar-refractivity contribution in [1.29, 1.82) is 0 Å². The lowest BCUT2D eigenvalue weighted by Gasteiger charge is -2.11. The fourth-order valence-corrected chi connectivity index (χ4v) is 5.02. The fraction of sp³-hybridized carbons (Fsp3) is 0.250. The van der Waals surface area contributed by atoms with Gasteiger partial charge < -0.3 is 5.32 Å². The van der Waals surface area contributed by atoms with Crippen LogP contribution in [0.2, 0.25) is 0 Å². The van der Waals surface area contributed by atoms with Gasteiger partial charge >= 0.3 is 0 Å². The van der Waals surface area contributed by atoms with Crippen molar-refractivity contribution < 1.29 is 4.79 Å². The number of pyridine rings is 1. The van der Waals surface area contributed by atoms with Crippen LogP contribution in [-0.2, 0) is 0 Å². The highest BCUT2D eigenvalue weighted by atomic mass is 32.2. The Kier molecular flexibility index (Phi) is 4.51. The monoisotopic (exact) mass is 316 g/mol. The van der Waals surface area contributed by atoms with Gasteiger partial charge in [0.2, 0.25) is 0 Å². The minimum absolute atomic E-state index is 0.164. The Morgan fingerprint density at radius 3 is 2.71 bits per heavy atom. The average Bonchev–Trinajstić information content (AvgIpc) is 3.02. The number of thioether (sulfide) groups is 2. The number of amides is 1. The minimum atomic E-state index is -0.164. The summed E-state index contributed by atoms with van der Waals surface area (Å²) in [6.07, 6.45) is 0. The first-order valence-electron chi connectivity index (χ1n) is 6.80. The van der Waals surface area contributed by atoms with E-state index in [1.807, 2.05) is 54.7 Å². The van der Waals surface area contributed by atoms with Crippen LogP contribution in [0, 0.1) is 6.92 Å². The molecule has 2 aromatic rings. The smallest absolute Gasteiger partial charge is 0.274 e. The number of aromatic nitrogens is 1. The fourth-order valence-electron chi connectivity index (χ4n) is 2.18. The largest absolute Gasteiger partial charge is 0.321 e. The summed E-state index contributed by atoms with van der Waals surface area (Å²) in [4.78, 5) is 16.5. The quantitative estimate of drug-likeness (QED) is 0.925. The van der Waals surface area contributed by atoms with Gasteiger partial charge in [-0.2, -0.15) is 0 Å². The maximum atomic E-state index is 12.2. The molecule has 21 heavy (non-hydrogen) atoms. The molecule has 3 nitrogen and oxygen atoms in total. The van der Waals surface area contributed by atoms with Crippen LogP contribution in [0.4, 0.5) is 5.69 Å². The van der Waals surface area contributed by atoms with E-state index in [0.29, 0.717) is 10.3 Å². The van der Waals surface area contributed by atoms with Crippen LogP contribution >= 0.6 is 23.5 Å². The molecule has 1 aliphatic heterocycles. The van der Waals surface area contributed by atoms with Crippen molar-refractivity contribution in [3.05, 3.63) is 59.4 Å². The maximum absolute atomic E-state index is 12.2. The summed E-state index contributed by atoms with van der Waals surface area (Å²) in [6, 6.07) is 13.6. The molecule has 3 rings (SSSR count). The van der Waals surface area contributed by atoms with E-state index >= 15 is 0 Å². The highest BCUT2D eigenvalue weighted by Crippen LogP contribution is 2.45. The Balaban J connectivity index is 1.75. The van der Waals surface area contributed by atoms with Crippen molar-refractivity contribution in [2.75, 3.05) is 16.8 Å². The third-order valence-corrected chi connectivity index (χ3v) is 6.26. The molecule has 1 aliphatic rings. The van der Waals surface area contributed by atoms with Crippen LogP contribution < -0.4 is 5.32 Å². The van der Waals surface area contributed by atoms with Crippen LogP contribution in [-0.4, -0.2) is 22.4 Å². The van der Waals surface area contributed by atoms with E-state index in [-0.39, 0.29) is 5.91 Å². The predicted octanol–water partition coefficient (Wildman–Crippen LogP) is 4.12. The van der Waals surface area contributed by atoms with Gasteiger partial charge in [-0.3, -0.25) is 4.79 Å². The maximum Gasteiger partial charge on any atom is 0.274 e. The lowest BCUT2D eigenvalue weighted by Crippen LogP contribution is -2.14. The Hall–Kier alpha value is -1.46. The second kappa shape index (κ2) is 6.54. The van der Waals surface area contributed by atoms with Gasteiger partial charge in [0.1, 0.15) is 5.69 Å². The van der Waals surface area contributed by atoms with Crippen LogP contribution in [0.5, 0.6) is 0 Å². The first-order valence-corrected chi connectivity index (χ1v) is 8.90. The Morgan fingerprint density at radius 1 is 1.19 bits per heavy atom. The van der Waals surface area contributed by atoms with Crippen LogP contribution in [0.15, 0.2) is 42.5 Å². The van der Waals surface area contributed by atoms with E-state index in [2.05, 4.69) is 22.4 Å². The molecule has 0 aliphatic carbocycles. The van der Waals surface area contributed by atoms with Crippen molar-refractivity contribution in [2.24, 2.45) is 0 Å². The number of hydrogen-bond donors (Lipinski definition) is 1. The molecule has 0 spiro atoms. The SMILES string of the molecule is Cc1cccc(C(=O)Nc2cccc(C3SCCS3)c2)n1. The van der Waals surface area contributed by atoms with Gasteiger partial charge in [0.05, 0.1) is 4.58 Å². The second-order valence-electron chi connectivity index (χ2n) is 4.82. The zero-order valence-corrected chi connectivity index (χ0v) is 13.3. The summed E-state index contributed by atoms with van der Waals surface area (Å²) in [5, 5.41) is 2.93. The molecule has 1 amide bonds. The van der Waals surface area contributed by atoms with E-state index in [0.717, 1.165) is 11.4 Å². The van der Waals surface area contributed by atoms with Gasteiger partial charge in [0, 0.05) is 22.9 Å². The Labute approximate surface area is 132 Å². The number of carbonyl (C=O) groups excluding carboxylic acids is 1. The van der Waals surface area contributed by atoms with Crippen LogP contribution in [0.25, 0.3) is 0 Å². The topological polar surface area (TPSA) is 42.0 Å². The number of nitrogens with zero attached hydrogens (tertiary/aromatic N) is 1. The van der Waals surface area contributed by atoms with Crippen molar-refractivity contribution in [3.8, 4) is 0 Å². The molecule has 0 saturated carbocycles. The molecule has 0 radical (unpaired) electrons. The minimum Gasteiger partial charge on any atom is -0.321 e. The molecule has 1 saturated heterocycles. The molecule has 0 atom stereocenters. The Morgan fingerprint density at radius 2 is 1.95 bits per heavy atom. The highest BCUT2D eigenvalue weighted by Gasteiger charge is 2.18. The standard InChI is InChI=1S/C16H16N2OS2/c1-11-4-2-7-14(17-11)15(19)18-13-6-3-5-12(10-13)16-20-8-9-21-16/h2-7,10,16H,8-9H2,1H3,(H,18,19). The molecule has 1 aromatic carbocycles. The molecule has 108 valence electrons. The van der Waals surface area contributed by atoms with E-state index in [1.54, 1.807) is 6.07 Å². The third kappa shape index (κ3) is 3.60. The van der Waals surface area contributed by atoms with E-state index in [1.165, 1.54) is 17.1 Å². The van der Waals surface area contributed by atoms with Gasteiger partial charge in [-0.15, -0.1) is 23.5 Å². The summed E-state index contributed by atoms with van der Waals surface area (Å²) in [5.41, 5.74) is 3.38. The first-order chi connectivity index (χ1) is 10.2. The molecular weight excluding hydrogens is 300 g/mol. The summed E-state index contributed by atoms with van der Waals surface area (Å²) in [5.74, 6) is 2.22. The average molecular weight is 316 g/mol. The molecule has 0 unspecified atom stereocenters. The zero-order valence-electron chi connectivity index (χ0n) is 11.7. The lowest BCUT2D eigenvalue weighted by atomic mass is 10.2. The van der Waals surface area contributed by atoms with Gasteiger partial charge in [0.25, 0.3) is 5.91 Å². The van der Waals surface area contributed by atoms with Crippen LogP contribution in [0.3, 0.4) is 0 Å². The Bertz CT molecular complexity index is 654. The number of hydrogen-bond acceptors (Lipinski definition) is 4. The lowest BCUT2D eigenvalue weighted by molar-refractivity contribution is 0.102. The molecule has 5 heteroatoms. The number of benzene rings is 1. The molecular formula is C16H16N2OS2. The number of carbonyl (C=O) groups is 1. The van der Waals surface area contributed by atoms with E-state index in [9.17, 15) is 4.79 Å². The summed E-state index contributed by atoms with van der Waals surface area (Å²) < 4.78 is 0.485. The second-order valence-corrected chi connectivity index (χ2v) is 7.54.